The number of piperazine rings is 1. The lowest BCUT2D eigenvalue weighted by Crippen LogP contribution is -2.48. The second-order valence-electron chi connectivity index (χ2n) is 7.53. The lowest BCUT2D eigenvalue weighted by atomic mass is 10.2. The minimum atomic E-state index is -0.275. The molecule has 158 valence electrons. The zero-order valence-corrected chi connectivity index (χ0v) is 18.5. The van der Waals surface area contributed by atoms with Crippen LogP contribution in [0, 0.1) is 12.7 Å². The molecule has 1 fully saturated rings. The number of anilines is 1. The molecule has 0 bridgehead atoms. The van der Waals surface area contributed by atoms with E-state index in [2.05, 4.69) is 9.88 Å². The maximum Gasteiger partial charge on any atom is 0.265 e. The number of fused-ring (bicyclic) bond motifs is 1. The van der Waals surface area contributed by atoms with Crippen LogP contribution in [-0.4, -0.2) is 46.4 Å². The summed E-state index contributed by atoms with van der Waals surface area (Å²) in [4.78, 5) is 23.4. The van der Waals surface area contributed by atoms with E-state index in [9.17, 15) is 9.18 Å². The summed E-state index contributed by atoms with van der Waals surface area (Å²) in [6, 6.07) is 14.1. The van der Waals surface area contributed by atoms with Gasteiger partial charge in [0.1, 0.15) is 10.7 Å². The largest absolute Gasteiger partial charge is 0.367 e. The maximum atomic E-state index is 13.2. The van der Waals surface area contributed by atoms with E-state index in [1.165, 1.54) is 23.5 Å². The number of rotatable bonds is 3. The molecule has 1 aliphatic heterocycles. The fourth-order valence-electron chi connectivity index (χ4n) is 3.91. The molecule has 31 heavy (non-hydrogen) atoms. The molecule has 0 radical (unpaired) electrons. The van der Waals surface area contributed by atoms with Crippen molar-refractivity contribution in [2.45, 2.75) is 6.92 Å². The number of carbonyl (C=O) groups is 1. The van der Waals surface area contributed by atoms with Crippen LogP contribution in [0.25, 0.3) is 16.2 Å². The molecule has 1 aliphatic rings. The summed E-state index contributed by atoms with van der Waals surface area (Å²) < 4.78 is 15.1. The summed E-state index contributed by atoms with van der Waals surface area (Å²) in [5.41, 5.74) is 3.50. The van der Waals surface area contributed by atoms with Crippen LogP contribution in [0.2, 0.25) is 5.02 Å². The highest BCUT2D eigenvalue weighted by Gasteiger charge is 2.27. The van der Waals surface area contributed by atoms with Gasteiger partial charge in [-0.15, -0.1) is 0 Å². The molecule has 0 N–H and O–H groups in total. The first kappa shape index (κ1) is 20.0. The van der Waals surface area contributed by atoms with Gasteiger partial charge in [-0.2, -0.15) is 0 Å². The van der Waals surface area contributed by atoms with Gasteiger partial charge in [0.15, 0.2) is 4.96 Å². The Morgan fingerprint density at radius 1 is 1.06 bits per heavy atom. The van der Waals surface area contributed by atoms with Crippen LogP contribution in [-0.2, 0) is 0 Å². The fraction of sp³-hybridized carbons (Fsp3) is 0.217. The Kier molecular flexibility index (Phi) is 5.16. The van der Waals surface area contributed by atoms with Crippen molar-refractivity contribution < 1.29 is 9.18 Å². The molecular weight excluding hydrogens is 435 g/mol. The highest BCUT2D eigenvalue weighted by Crippen LogP contribution is 2.30. The van der Waals surface area contributed by atoms with Crippen LogP contribution in [0.4, 0.5) is 10.1 Å². The van der Waals surface area contributed by atoms with Crippen LogP contribution >= 0.6 is 22.9 Å². The number of halogens is 2. The molecule has 0 spiro atoms. The molecule has 0 saturated carbocycles. The zero-order valence-electron chi connectivity index (χ0n) is 16.9. The molecule has 0 aliphatic carbocycles. The van der Waals surface area contributed by atoms with Gasteiger partial charge in [0.2, 0.25) is 0 Å². The van der Waals surface area contributed by atoms with Gasteiger partial charge in [-0.05, 0) is 43.3 Å². The smallest absolute Gasteiger partial charge is 0.265 e. The third kappa shape index (κ3) is 3.68. The number of hydrogen-bond acceptors (Lipinski definition) is 4. The molecule has 4 aromatic rings. The lowest BCUT2D eigenvalue weighted by molar-refractivity contribution is 0.0750. The number of thiazole rings is 1. The second kappa shape index (κ2) is 7.98. The van der Waals surface area contributed by atoms with Crippen molar-refractivity contribution in [2.24, 2.45) is 0 Å². The number of amides is 1. The molecule has 2 aromatic heterocycles. The minimum Gasteiger partial charge on any atom is -0.367 e. The van der Waals surface area contributed by atoms with Gasteiger partial charge >= 0.3 is 0 Å². The van der Waals surface area contributed by atoms with Gasteiger partial charge in [-0.1, -0.05) is 35.1 Å². The zero-order chi connectivity index (χ0) is 21.5. The average Bonchev–Trinajstić information content (AvgIpc) is 3.34. The predicted molar refractivity (Wildman–Crippen MR) is 123 cm³/mol. The summed E-state index contributed by atoms with van der Waals surface area (Å²) in [5.74, 6) is -0.237. The number of carbonyl (C=O) groups excluding carboxylic acids is 1. The number of nitrogens with zero attached hydrogens (tertiary/aromatic N) is 4. The highest BCUT2D eigenvalue weighted by atomic mass is 35.5. The second-order valence-corrected chi connectivity index (χ2v) is 8.92. The van der Waals surface area contributed by atoms with Crippen molar-refractivity contribution in [1.29, 1.82) is 0 Å². The molecule has 1 amide bonds. The minimum absolute atomic E-state index is 0.0372. The molecule has 1 saturated heterocycles. The first-order valence-corrected chi connectivity index (χ1v) is 11.2. The van der Waals surface area contributed by atoms with Crippen molar-refractivity contribution in [3.63, 3.8) is 0 Å². The maximum absolute atomic E-state index is 13.2. The third-order valence-electron chi connectivity index (χ3n) is 5.65. The Labute approximate surface area is 188 Å². The Morgan fingerprint density at radius 3 is 2.45 bits per heavy atom. The fourth-order valence-corrected chi connectivity index (χ4v) is 5.24. The highest BCUT2D eigenvalue weighted by molar-refractivity contribution is 7.19. The van der Waals surface area contributed by atoms with Gasteiger partial charge in [0, 0.05) is 43.6 Å². The summed E-state index contributed by atoms with van der Waals surface area (Å²) in [7, 11) is 0. The number of benzene rings is 2. The summed E-state index contributed by atoms with van der Waals surface area (Å²) in [6.07, 6.45) is 1.90. The Hall–Kier alpha value is -2.90. The standard InChI is InChI=1S/C23H20ClFN4OS/c1-15-21(31-23-26-19(14-29(15)23)16-6-8-17(25)9-7-16)22(30)28-12-10-27(11-13-28)20-5-3-2-4-18(20)24/h2-9,14H,10-13H2,1H3. The van der Waals surface area contributed by atoms with Crippen LogP contribution in [0.3, 0.4) is 0 Å². The Bertz CT molecular complexity index is 1260. The van der Waals surface area contributed by atoms with Gasteiger partial charge in [0.05, 0.1) is 16.4 Å². The van der Waals surface area contributed by atoms with E-state index in [1.54, 1.807) is 12.1 Å². The molecule has 5 rings (SSSR count). The van der Waals surface area contributed by atoms with Gasteiger partial charge in [-0.25, -0.2) is 9.37 Å². The number of aromatic nitrogens is 2. The van der Waals surface area contributed by atoms with Crippen molar-refractivity contribution in [3.05, 3.63) is 76.1 Å². The summed E-state index contributed by atoms with van der Waals surface area (Å²) in [6.45, 7) is 4.71. The monoisotopic (exact) mass is 454 g/mol. The van der Waals surface area contributed by atoms with E-state index in [-0.39, 0.29) is 11.7 Å². The van der Waals surface area contributed by atoms with Crippen molar-refractivity contribution >= 4 is 39.5 Å². The molecule has 2 aromatic carbocycles. The number of imidazole rings is 1. The van der Waals surface area contributed by atoms with E-state index in [0.717, 1.165) is 45.7 Å². The molecular formula is C23H20ClFN4OS. The average molecular weight is 455 g/mol. The predicted octanol–water partition coefficient (Wildman–Crippen LogP) is 5.13. The first-order chi connectivity index (χ1) is 15.0. The normalized spacial score (nSPS) is 14.4. The summed E-state index contributed by atoms with van der Waals surface area (Å²) in [5, 5.41) is 0.731. The molecule has 5 nitrogen and oxygen atoms in total. The molecule has 8 heteroatoms. The Balaban J connectivity index is 1.33. The van der Waals surface area contributed by atoms with Crippen molar-refractivity contribution in [3.8, 4) is 11.3 Å². The van der Waals surface area contributed by atoms with Crippen molar-refractivity contribution in [1.82, 2.24) is 14.3 Å². The molecule has 0 unspecified atom stereocenters. The Morgan fingerprint density at radius 2 is 1.77 bits per heavy atom. The van der Waals surface area contributed by atoms with Crippen LogP contribution in [0.1, 0.15) is 15.4 Å². The van der Waals surface area contributed by atoms with Gasteiger partial charge in [-0.3, -0.25) is 9.20 Å². The van der Waals surface area contributed by atoms with E-state index < -0.39 is 0 Å². The lowest BCUT2D eigenvalue weighted by Gasteiger charge is -2.36. The van der Waals surface area contributed by atoms with E-state index in [1.807, 2.05) is 46.7 Å². The summed E-state index contributed by atoms with van der Waals surface area (Å²) >= 11 is 7.72. The first-order valence-electron chi connectivity index (χ1n) is 10.0. The molecule has 3 heterocycles. The van der Waals surface area contributed by atoms with Crippen LogP contribution in [0.5, 0.6) is 0 Å². The topological polar surface area (TPSA) is 40.9 Å². The van der Waals surface area contributed by atoms with E-state index in [0.29, 0.717) is 18.0 Å². The van der Waals surface area contributed by atoms with E-state index >= 15 is 0 Å². The number of aryl methyl sites for hydroxylation is 1. The van der Waals surface area contributed by atoms with Crippen LogP contribution in [0.15, 0.2) is 54.7 Å². The number of hydrogen-bond donors (Lipinski definition) is 0. The van der Waals surface area contributed by atoms with E-state index in [4.69, 9.17) is 11.6 Å². The quantitative estimate of drug-likeness (QED) is 0.431. The number of para-hydroxylation sites is 1. The van der Waals surface area contributed by atoms with Crippen molar-refractivity contribution in [2.75, 3.05) is 31.1 Å². The molecule has 0 atom stereocenters. The third-order valence-corrected chi connectivity index (χ3v) is 7.12. The van der Waals surface area contributed by atoms with Crippen LogP contribution < -0.4 is 4.90 Å². The van der Waals surface area contributed by atoms with Gasteiger partial charge < -0.3 is 9.80 Å². The van der Waals surface area contributed by atoms with Gasteiger partial charge in [0.25, 0.3) is 5.91 Å². The SMILES string of the molecule is Cc1c(C(=O)N2CCN(c3ccccc3Cl)CC2)sc2nc(-c3ccc(F)cc3)cn12.